The van der Waals surface area contributed by atoms with Crippen LogP contribution in [0.5, 0.6) is 5.75 Å². The van der Waals surface area contributed by atoms with Crippen LogP contribution in [0, 0.1) is 5.92 Å². The number of amides is 1. The molecule has 0 saturated carbocycles. The van der Waals surface area contributed by atoms with Gasteiger partial charge >= 0.3 is 12.1 Å². The largest absolute Gasteiger partial charge is 0.493 e. The number of hydrogen-bond acceptors (Lipinski definition) is 5. The van der Waals surface area contributed by atoms with Crippen LogP contribution >= 0.6 is 0 Å². The number of anilines is 1. The number of aliphatic carboxylic acids is 1. The number of hydrogen-bond donors (Lipinski definition) is 2. The number of nitrogens with one attached hydrogen (secondary N) is 1. The second kappa shape index (κ2) is 13.4. The van der Waals surface area contributed by atoms with Gasteiger partial charge in [0.25, 0.3) is 0 Å². The van der Waals surface area contributed by atoms with Crippen molar-refractivity contribution in [2.75, 3.05) is 25.0 Å². The van der Waals surface area contributed by atoms with Gasteiger partial charge in [0.15, 0.2) is 0 Å². The number of benzene rings is 1. The summed E-state index contributed by atoms with van der Waals surface area (Å²) in [6.45, 7) is 2.82. The molecule has 0 saturated heterocycles. The lowest BCUT2D eigenvalue weighted by molar-refractivity contribution is -0.169. The zero-order chi connectivity index (χ0) is 28.7. The molecule has 1 aromatic carbocycles. The molecule has 40 heavy (non-hydrogen) atoms. The van der Waals surface area contributed by atoms with E-state index in [2.05, 4.69) is 21.8 Å². The average Bonchev–Trinajstić information content (AvgIpc) is 3.28. The van der Waals surface area contributed by atoms with Gasteiger partial charge in [-0.2, -0.15) is 13.2 Å². The molecule has 1 aromatic heterocycles. The summed E-state index contributed by atoms with van der Waals surface area (Å²) in [6.07, 6.45) is 3.50. The molecular weight excluding hydrogens is 525 g/mol. The number of ether oxygens (including phenoxy) is 1. The summed E-state index contributed by atoms with van der Waals surface area (Å²) < 4.78 is 49.3. The molecule has 2 aromatic rings. The van der Waals surface area contributed by atoms with Gasteiger partial charge in [0.2, 0.25) is 11.9 Å². The van der Waals surface area contributed by atoms with E-state index in [-0.39, 0.29) is 6.42 Å². The van der Waals surface area contributed by atoms with Gasteiger partial charge in [-0.1, -0.05) is 45.1 Å². The van der Waals surface area contributed by atoms with Crippen LogP contribution in [0.2, 0.25) is 0 Å². The summed E-state index contributed by atoms with van der Waals surface area (Å²) >= 11 is 0. The van der Waals surface area contributed by atoms with Crippen molar-refractivity contribution in [2.24, 2.45) is 5.92 Å². The first-order valence-electron chi connectivity index (χ1n) is 14.3. The number of unbranched alkanes of at least 4 members (excludes halogenated alkanes) is 4. The van der Waals surface area contributed by atoms with Crippen LogP contribution in [0.4, 0.5) is 19.1 Å². The second-order valence-corrected chi connectivity index (χ2v) is 10.8. The highest BCUT2D eigenvalue weighted by Crippen LogP contribution is 2.39. The predicted molar refractivity (Wildman–Crippen MR) is 144 cm³/mol. The SMILES string of the molecule is CCCCCCCC1c2cc(OCCc3cn4c(n3)NCCC4)ccc2CC(CC(=O)O)C(=O)N1CC(F)(F)F. The maximum atomic E-state index is 13.7. The molecule has 0 spiro atoms. The molecular formula is C29H39F3N4O4. The molecule has 0 radical (unpaired) electrons. The predicted octanol–water partition coefficient (Wildman–Crippen LogP) is 5.76. The summed E-state index contributed by atoms with van der Waals surface area (Å²) in [5, 5.41) is 12.7. The maximum absolute atomic E-state index is 13.7. The number of carbonyl (C=O) groups is 2. The molecule has 0 fully saturated rings. The Hall–Kier alpha value is -3.24. The van der Waals surface area contributed by atoms with E-state index in [4.69, 9.17) is 4.74 Å². The normalized spacial score (nSPS) is 19.0. The van der Waals surface area contributed by atoms with Crippen LogP contribution in [0.3, 0.4) is 0 Å². The summed E-state index contributed by atoms with van der Waals surface area (Å²) in [6, 6.07) is 4.45. The molecule has 2 aliphatic rings. The van der Waals surface area contributed by atoms with Gasteiger partial charge in [-0.05, 0) is 42.5 Å². The minimum atomic E-state index is -4.61. The number of carboxylic acids is 1. The Labute approximate surface area is 232 Å². The van der Waals surface area contributed by atoms with Crippen molar-refractivity contribution in [3.05, 3.63) is 41.2 Å². The fraction of sp³-hybridized carbons (Fsp3) is 0.621. The first-order valence-corrected chi connectivity index (χ1v) is 14.3. The number of carbonyl (C=O) groups excluding carboxylic acids is 1. The zero-order valence-corrected chi connectivity index (χ0v) is 23.0. The molecule has 2 aliphatic heterocycles. The van der Waals surface area contributed by atoms with E-state index in [1.54, 1.807) is 18.2 Å². The Kier molecular flexibility index (Phi) is 9.97. The van der Waals surface area contributed by atoms with Crippen LogP contribution in [0.15, 0.2) is 24.4 Å². The van der Waals surface area contributed by atoms with Crippen LogP contribution in [0.1, 0.15) is 81.2 Å². The van der Waals surface area contributed by atoms with Crippen molar-refractivity contribution in [3.8, 4) is 5.75 Å². The molecule has 2 N–H and O–H groups in total. The molecule has 11 heteroatoms. The minimum Gasteiger partial charge on any atom is -0.493 e. The van der Waals surface area contributed by atoms with Crippen LogP contribution in [-0.4, -0.2) is 57.3 Å². The van der Waals surface area contributed by atoms with Crippen molar-refractivity contribution >= 4 is 17.8 Å². The Morgan fingerprint density at radius 1 is 1.23 bits per heavy atom. The molecule has 4 rings (SSSR count). The van der Waals surface area contributed by atoms with E-state index in [0.717, 1.165) is 61.7 Å². The van der Waals surface area contributed by atoms with E-state index < -0.39 is 43.0 Å². The Morgan fingerprint density at radius 2 is 2.02 bits per heavy atom. The van der Waals surface area contributed by atoms with Gasteiger partial charge in [-0.15, -0.1) is 0 Å². The standard InChI is InChI=1S/C29H39F3N4O4/c1-2-3-4-5-6-8-25-24-17-23(40-14-11-22-18-35-13-7-12-33-28(35)34-22)10-9-20(24)15-21(16-26(37)38)27(39)36(25)19-29(30,31)32/h9-10,17-18,21,25H,2-8,11-16,19H2,1H3,(H,33,34)(H,37,38). The Morgan fingerprint density at radius 3 is 2.75 bits per heavy atom. The lowest BCUT2D eigenvalue weighted by Gasteiger charge is -2.33. The van der Waals surface area contributed by atoms with Gasteiger partial charge in [-0.3, -0.25) is 9.59 Å². The molecule has 8 nitrogen and oxygen atoms in total. The third-order valence-electron chi connectivity index (χ3n) is 7.62. The average molecular weight is 565 g/mol. The van der Waals surface area contributed by atoms with Gasteiger partial charge in [0.1, 0.15) is 12.3 Å². The molecule has 3 heterocycles. The molecule has 2 atom stereocenters. The zero-order valence-electron chi connectivity index (χ0n) is 23.0. The number of nitrogens with zero attached hydrogens (tertiary/aromatic N) is 3. The summed E-state index contributed by atoms with van der Waals surface area (Å²) in [5.41, 5.74) is 2.20. The number of carboxylic acid groups (broad SMARTS) is 1. The fourth-order valence-corrected chi connectivity index (χ4v) is 5.70. The third kappa shape index (κ3) is 7.91. The highest BCUT2D eigenvalue weighted by molar-refractivity contribution is 5.84. The first kappa shape index (κ1) is 29.7. The van der Waals surface area contributed by atoms with Crippen molar-refractivity contribution in [2.45, 2.75) is 89.9 Å². The lowest BCUT2D eigenvalue weighted by Crippen LogP contribution is -2.44. The van der Waals surface area contributed by atoms with Crippen LogP contribution in [-0.2, 0) is 29.0 Å². The summed E-state index contributed by atoms with van der Waals surface area (Å²) in [7, 11) is 0. The third-order valence-corrected chi connectivity index (χ3v) is 7.62. The summed E-state index contributed by atoms with van der Waals surface area (Å²) in [5.74, 6) is -1.67. The number of imidazole rings is 1. The number of fused-ring (bicyclic) bond motifs is 2. The van der Waals surface area contributed by atoms with Gasteiger partial charge < -0.3 is 24.6 Å². The number of aryl methyl sites for hydroxylation is 1. The maximum Gasteiger partial charge on any atom is 0.406 e. The van der Waals surface area contributed by atoms with Crippen LogP contribution < -0.4 is 10.1 Å². The van der Waals surface area contributed by atoms with Gasteiger partial charge in [0.05, 0.1) is 30.7 Å². The van der Waals surface area contributed by atoms with E-state index in [9.17, 15) is 27.9 Å². The number of rotatable bonds is 13. The van der Waals surface area contributed by atoms with Crippen LogP contribution in [0.25, 0.3) is 0 Å². The smallest absolute Gasteiger partial charge is 0.406 e. The van der Waals surface area contributed by atoms with Crippen molar-refractivity contribution in [3.63, 3.8) is 0 Å². The highest BCUT2D eigenvalue weighted by atomic mass is 19.4. The number of alkyl halides is 3. The number of aromatic nitrogens is 2. The fourth-order valence-electron chi connectivity index (χ4n) is 5.70. The van der Waals surface area contributed by atoms with Crippen molar-refractivity contribution in [1.82, 2.24) is 14.5 Å². The molecule has 1 amide bonds. The Bertz CT molecular complexity index is 1140. The lowest BCUT2D eigenvalue weighted by atomic mass is 9.91. The molecule has 220 valence electrons. The Balaban J connectivity index is 1.57. The quantitative estimate of drug-likeness (QED) is 0.301. The van der Waals surface area contributed by atoms with E-state index in [1.165, 1.54) is 0 Å². The highest BCUT2D eigenvalue weighted by Gasteiger charge is 2.42. The number of halogens is 3. The van der Waals surface area contributed by atoms with Gasteiger partial charge in [-0.25, -0.2) is 4.98 Å². The summed E-state index contributed by atoms with van der Waals surface area (Å²) in [4.78, 5) is 30.4. The molecule has 0 aliphatic carbocycles. The van der Waals surface area contributed by atoms with E-state index >= 15 is 0 Å². The second-order valence-electron chi connectivity index (χ2n) is 10.8. The molecule has 2 unspecified atom stereocenters. The molecule has 0 bridgehead atoms. The van der Waals surface area contributed by atoms with E-state index in [1.807, 2.05) is 6.20 Å². The van der Waals surface area contributed by atoms with Crippen molar-refractivity contribution in [1.29, 1.82) is 0 Å². The first-order chi connectivity index (χ1) is 19.1. The van der Waals surface area contributed by atoms with Crippen molar-refractivity contribution < 1.29 is 32.6 Å². The van der Waals surface area contributed by atoms with Gasteiger partial charge in [0, 0.05) is 25.7 Å². The van der Waals surface area contributed by atoms with E-state index in [0.29, 0.717) is 42.7 Å². The monoisotopic (exact) mass is 564 g/mol. The topological polar surface area (TPSA) is 96.7 Å². The minimum absolute atomic E-state index is 0.0780.